The van der Waals surface area contributed by atoms with Crippen LogP contribution >= 0.6 is 22.9 Å². The van der Waals surface area contributed by atoms with Crippen molar-refractivity contribution in [3.63, 3.8) is 0 Å². The molecule has 0 unspecified atom stereocenters. The van der Waals surface area contributed by atoms with Gasteiger partial charge in [0.2, 0.25) is 0 Å². The van der Waals surface area contributed by atoms with E-state index in [4.69, 9.17) is 16.3 Å². The highest BCUT2D eigenvalue weighted by molar-refractivity contribution is 7.18. The number of nitrogens with zero attached hydrogens (tertiary/aromatic N) is 3. The Morgan fingerprint density at radius 1 is 1.33 bits per heavy atom. The Kier molecular flexibility index (Phi) is 5.67. The summed E-state index contributed by atoms with van der Waals surface area (Å²) in [7, 11) is 3.27. The number of ether oxygens (including phenoxy) is 1. The largest absolute Gasteiger partial charge is 0.483 e. The molecule has 1 aromatic heterocycles. The van der Waals surface area contributed by atoms with Crippen LogP contribution in [0.4, 0.5) is 8.78 Å². The highest BCUT2D eigenvalue weighted by Crippen LogP contribution is 2.28. The van der Waals surface area contributed by atoms with Crippen molar-refractivity contribution in [2.45, 2.75) is 6.61 Å². The average molecular weight is 410 g/mol. The summed E-state index contributed by atoms with van der Waals surface area (Å²) in [5.41, 5.74) is -0.0544. The molecule has 140 valence electrons. The molecule has 0 N–H and O–H groups in total. The normalized spacial score (nSPS) is 11.3. The van der Waals surface area contributed by atoms with Crippen molar-refractivity contribution in [3.8, 4) is 5.75 Å². The van der Waals surface area contributed by atoms with Gasteiger partial charge in [0, 0.05) is 19.1 Å². The van der Waals surface area contributed by atoms with Gasteiger partial charge in [-0.2, -0.15) is 4.99 Å². The first-order valence-electron chi connectivity index (χ1n) is 7.76. The van der Waals surface area contributed by atoms with Crippen molar-refractivity contribution in [3.05, 3.63) is 57.6 Å². The topological polar surface area (TPSA) is 54.8 Å². The number of thiazole rings is 1. The van der Waals surface area contributed by atoms with Crippen molar-refractivity contribution in [1.82, 2.24) is 9.88 Å². The highest BCUT2D eigenvalue weighted by Gasteiger charge is 2.21. The van der Waals surface area contributed by atoms with Gasteiger partial charge in [0.15, 0.2) is 11.6 Å². The summed E-state index contributed by atoms with van der Waals surface area (Å²) in [6.45, 7) is -0.0336. The standard InChI is InChI=1S/C18H14ClF2N3O2S/c1-24(2)9-22-18(25)16-11(20)4-5-13(17(16)21)26-8-15-23-12-7-10(19)3-6-14(12)27-15/h3-7,9H,8H2,1-2H3/b22-9-. The number of carbonyl (C=O) groups excluding carboxylic acids is 1. The number of hydrogen-bond acceptors (Lipinski definition) is 4. The molecule has 0 atom stereocenters. The quantitative estimate of drug-likeness (QED) is 0.458. The Labute approximate surface area is 162 Å². The SMILES string of the molecule is CN(C)/C=N\C(=O)c1c(F)ccc(OCc2nc3cc(Cl)ccc3s2)c1F. The van der Waals surface area contributed by atoms with E-state index >= 15 is 0 Å². The molecule has 0 saturated carbocycles. The molecule has 0 aliphatic rings. The van der Waals surface area contributed by atoms with Crippen LogP contribution in [0.3, 0.4) is 0 Å². The molecule has 3 rings (SSSR count). The van der Waals surface area contributed by atoms with Crippen LogP contribution in [0.2, 0.25) is 5.02 Å². The number of aliphatic imine (C=N–C) groups is 1. The third-order valence-electron chi connectivity index (χ3n) is 3.42. The van der Waals surface area contributed by atoms with E-state index in [-0.39, 0.29) is 12.4 Å². The summed E-state index contributed by atoms with van der Waals surface area (Å²) in [6.07, 6.45) is 1.17. The zero-order valence-electron chi connectivity index (χ0n) is 14.4. The van der Waals surface area contributed by atoms with Crippen molar-refractivity contribution >= 4 is 45.4 Å². The monoisotopic (exact) mass is 409 g/mol. The van der Waals surface area contributed by atoms with E-state index in [1.165, 1.54) is 22.6 Å². The Bertz CT molecular complexity index is 1040. The highest BCUT2D eigenvalue weighted by atomic mass is 35.5. The Morgan fingerprint density at radius 2 is 2.11 bits per heavy atom. The van der Waals surface area contributed by atoms with Crippen LogP contribution in [0.5, 0.6) is 5.75 Å². The molecular weight excluding hydrogens is 396 g/mol. The fourth-order valence-corrected chi connectivity index (χ4v) is 3.25. The molecule has 5 nitrogen and oxygen atoms in total. The van der Waals surface area contributed by atoms with Gasteiger partial charge in [0.25, 0.3) is 5.91 Å². The van der Waals surface area contributed by atoms with Crippen LogP contribution in [0, 0.1) is 11.6 Å². The van der Waals surface area contributed by atoms with E-state index in [2.05, 4.69) is 9.98 Å². The van der Waals surface area contributed by atoms with Crippen molar-refractivity contribution in [2.24, 2.45) is 4.99 Å². The summed E-state index contributed by atoms with van der Waals surface area (Å²) < 4.78 is 34.8. The molecule has 2 aromatic carbocycles. The van der Waals surface area contributed by atoms with Crippen LogP contribution in [0.25, 0.3) is 10.2 Å². The minimum atomic E-state index is -1.10. The van der Waals surface area contributed by atoms with Crippen LogP contribution in [0.1, 0.15) is 15.4 Å². The van der Waals surface area contributed by atoms with Gasteiger partial charge < -0.3 is 9.64 Å². The minimum Gasteiger partial charge on any atom is -0.483 e. The van der Waals surface area contributed by atoms with Crippen LogP contribution < -0.4 is 4.74 Å². The number of aromatic nitrogens is 1. The minimum absolute atomic E-state index is 0.0336. The number of carbonyl (C=O) groups is 1. The zero-order chi connectivity index (χ0) is 19.6. The van der Waals surface area contributed by atoms with Gasteiger partial charge >= 0.3 is 0 Å². The number of fused-ring (bicyclic) bond motifs is 1. The molecule has 9 heteroatoms. The molecule has 3 aromatic rings. The molecule has 0 aliphatic heterocycles. The van der Waals surface area contributed by atoms with Crippen molar-refractivity contribution in [2.75, 3.05) is 14.1 Å². The second-order valence-corrected chi connectivity index (χ2v) is 7.31. The molecule has 0 saturated heterocycles. The fraction of sp³-hybridized carbons (Fsp3) is 0.167. The van der Waals surface area contributed by atoms with E-state index in [1.807, 2.05) is 6.07 Å². The summed E-state index contributed by atoms with van der Waals surface area (Å²) in [6, 6.07) is 7.39. The van der Waals surface area contributed by atoms with Gasteiger partial charge in [-0.05, 0) is 30.3 Å². The van der Waals surface area contributed by atoms with Gasteiger partial charge in [0.1, 0.15) is 23.0 Å². The van der Waals surface area contributed by atoms with E-state index in [1.54, 1.807) is 26.2 Å². The first kappa shape index (κ1) is 19.2. The Balaban J connectivity index is 1.82. The lowest BCUT2D eigenvalue weighted by molar-refractivity contribution is 0.0993. The number of amides is 1. The molecule has 1 amide bonds. The van der Waals surface area contributed by atoms with Gasteiger partial charge in [-0.15, -0.1) is 11.3 Å². The maximum atomic E-state index is 14.6. The molecule has 1 heterocycles. The van der Waals surface area contributed by atoms with Crippen LogP contribution in [-0.4, -0.2) is 36.2 Å². The molecule has 0 fully saturated rings. The third-order valence-corrected chi connectivity index (χ3v) is 4.67. The lowest BCUT2D eigenvalue weighted by atomic mass is 10.1. The Morgan fingerprint density at radius 3 is 2.85 bits per heavy atom. The van der Waals surface area contributed by atoms with Gasteiger partial charge in [-0.25, -0.2) is 13.8 Å². The maximum Gasteiger partial charge on any atom is 0.284 e. The molecule has 0 radical (unpaired) electrons. The summed E-state index contributed by atoms with van der Waals surface area (Å²) in [4.78, 5) is 21.3. The van der Waals surface area contributed by atoms with E-state index in [9.17, 15) is 13.6 Å². The lowest BCUT2D eigenvalue weighted by Gasteiger charge is -2.09. The first-order valence-corrected chi connectivity index (χ1v) is 8.95. The molecule has 27 heavy (non-hydrogen) atoms. The average Bonchev–Trinajstić information content (AvgIpc) is 3.01. The summed E-state index contributed by atoms with van der Waals surface area (Å²) in [5.74, 6) is -3.38. The van der Waals surface area contributed by atoms with Gasteiger partial charge in [-0.3, -0.25) is 4.79 Å². The summed E-state index contributed by atoms with van der Waals surface area (Å²) >= 11 is 7.30. The number of hydrogen-bond donors (Lipinski definition) is 0. The number of benzene rings is 2. The third kappa shape index (κ3) is 4.40. The van der Waals surface area contributed by atoms with Crippen LogP contribution in [0.15, 0.2) is 35.3 Å². The smallest absolute Gasteiger partial charge is 0.284 e. The fourth-order valence-electron chi connectivity index (χ4n) is 2.22. The predicted molar refractivity (Wildman–Crippen MR) is 102 cm³/mol. The first-order chi connectivity index (χ1) is 12.8. The van der Waals surface area contributed by atoms with E-state index < -0.39 is 23.1 Å². The molecule has 0 bridgehead atoms. The summed E-state index contributed by atoms with van der Waals surface area (Å²) in [5, 5.41) is 1.15. The maximum absolute atomic E-state index is 14.6. The van der Waals surface area contributed by atoms with Gasteiger partial charge in [-0.1, -0.05) is 11.6 Å². The Hall–Kier alpha value is -2.58. The number of halogens is 3. The molecular formula is C18H14ClF2N3O2S. The van der Waals surface area contributed by atoms with E-state index in [0.717, 1.165) is 16.8 Å². The van der Waals surface area contributed by atoms with Crippen molar-refractivity contribution < 1.29 is 18.3 Å². The van der Waals surface area contributed by atoms with Crippen molar-refractivity contribution in [1.29, 1.82) is 0 Å². The molecule has 0 aliphatic carbocycles. The number of rotatable bonds is 5. The van der Waals surface area contributed by atoms with Crippen LogP contribution in [-0.2, 0) is 6.61 Å². The van der Waals surface area contributed by atoms with E-state index in [0.29, 0.717) is 15.5 Å². The van der Waals surface area contributed by atoms with Gasteiger partial charge in [0.05, 0.1) is 16.6 Å². The zero-order valence-corrected chi connectivity index (χ0v) is 15.9. The lowest BCUT2D eigenvalue weighted by Crippen LogP contribution is -2.12. The molecule has 0 spiro atoms. The predicted octanol–water partition coefficient (Wildman–Crippen LogP) is 4.54. The second-order valence-electron chi connectivity index (χ2n) is 5.76. The second kappa shape index (κ2) is 7.98.